The Hall–Kier alpha value is -2.53. The first-order valence-electron chi connectivity index (χ1n) is 8.72. The number of rotatable bonds is 10. The fourth-order valence-corrected chi connectivity index (χ4v) is 3.24. The first kappa shape index (κ1) is 20.8. The third-order valence-electron chi connectivity index (χ3n) is 4.57. The molecule has 0 heterocycles. The Morgan fingerprint density at radius 1 is 0.926 bits per heavy atom. The van der Waals surface area contributed by atoms with Crippen molar-refractivity contribution < 1.29 is 24.5 Å². The van der Waals surface area contributed by atoms with Crippen LogP contribution in [0.2, 0.25) is 5.02 Å². The Bertz CT molecular complexity index is 772. The van der Waals surface area contributed by atoms with Gasteiger partial charge in [-0.05, 0) is 61.1 Å². The molecule has 144 valence electrons. The average Bonchev–Trinajstić information content (AvgIpc) is 2.64. The maximum Gasteiger partial charge on any atom is 0.306 e. The van der Waals surface area contributed by atoms with Gasteiger partial charge in [0.1, 0.15) is 5.75 Å². The molecule has 0 bridgehead atoms. The molecule has 2 atom stereocenters. The highest BCUT2D eigenvalue weighted by molar-refractivity contribution is 6.30. The van der Waals surface area contributed by atoms with E-state index >= 15 is 0 Å². The molecule has 2 N–H and O–H groups in total. The lowest BCUT2D eigenvalue weighted by molar-refractivity contribution is -0.145. The van der Waals surface area contributed by atoms with E-state index in [1.165, 1.54) is 0 Å². The Morgan fingerprint density at radius 3 is 1.96 bits per heavy atom. The van der Waals surface area contributed by atoms with Crippen LogP contribution in [0.4, 0.5) is 0 Å². The van der Waals surface area contributed by atoms with Crippen molar-refractivity contribution in [2.45, 2.75) is 25.7 Å². The van der Waals surface area contributed by atoms with Crippen LogP contribution in [0.3, 0.4) is 0 Å². The molecular formula is C21H23ClO5. The van der Waals surface area contributed by atoms with Crippen LogP contribution in [0.1, 0.15) is 24.0 Å². The first-order chi connectivity index (χ1) is 12.9. The van der Waals surface area contributed by atoms with Crippen LogP contribution >= 0.6 is 11.6 Å². The van der Waals surface area contributed by atoms with E-state index in [2.05, 4.69) is 0 Å². The molecule has 2 unspecified atom stereocenters. The van der Waals surface area contributed by atoms with Gasteiger partial charge in [-0.15, -0.1) is 0 Å². The lowest BCUT2D eigenvalue weighted by Crippen LogP contribution is -2.22. The summed E-state index contributed by atoms with van der Waals surface area (Å²) in [6, 6.07) is 14.3. The molecule has 0 aliphatic rings. The van der Waals surface area contributed by atoms with Gasteiger partial charge in [0.05, 0.1) is 18.9 Å². The minimum Gasteiger partial charge on any atom is -0.497 e. The Balaban J connectivity index is 2.00. The average molecular weight is 391 g/mol. The molecule has 0 spiro atoms. The molecule has 27 heavy (non-hydrogen) atoms. The summed E-state index contributed by atoms with van der Waals surface area (Å²) >= 11 is 5.95. The van der Waals surface area contributed by atoms with Gasteiger partial charge in [0, 0.05) is 5.02 Å². The van der Waals surface area contributed by atoms with Crippen LogP contribution in [-0.4, -0.2) is 29.3 Å². The van der Waals surface area contributed by atoms with E-state index in [0.29, 0.717) is 30.0 Å². The molecule has 0 saturated heterocycles. The van der Waals surface area contributed by atoms with Crippen LogP contribution in [-0.2, 0) is 22.4 Å². The van der Waals surface area contributed by atoms with Crippen molar-refractivity contribution >= 4 is 23.5 Å². The van der Waals surface area contributed by atoms with Crippen LogP contribution < -0.4 is 4.74 Å². The number of hydrogen-bond acceptors (Lipinski definition) is 3. The zero-order valence-corrected chi connectivity index (χ0v) is 15.9. The molecule has 2 aromatic rings. The van der Waals surface area contributed by atoms with Crippen molar-refractivity contribution in [2.75, 3.05) is 7.11 Å². The predicted octanol–water partition coefficient (Wildman–Crippen LogP) is 4.32. The minimum absolute atomic E-state index is 0.287. The molecule has 0 aromatic heterocycles. The molecule has 2 aromatic carbocycles. The molecule has 0 saturated carbocycles. The first-order valence-corrected chi connectivity index (χ1v) is 9.09. The quantitative estimate of drug-likeness (QED) is 0.631. The summed E-state index contributed by atoms with van der Waals surface area (Å²) < 4.78 is 5.10. The Morgan fingerprint density at radius 2 is 1.48 bits per heavy atom. The largest absolute Gasteiger partial charge is 0.497 e. The van der Waals surface area contributed by atoms with E-state index in [9.17, 15) is 19.8 Å². The van der Waals surface area contributed by atoms with Crippen molar-refractivity contribution in [1.29, 1.82) is 0 Å². The van der Waals surface area contributed by atoms with Crippen LogP contribution in [0.25, 0.3) is 0 Å². The number of carbonyl (C=O) groups is 2. The van der Waals surface area contributed by atoms with Gasteiger partial charge >= 0.3 is 11.9 Å². The minimum atomic E-state index is -0.927. The maximum absolute atomic E-state index is 11.6. The summed E-state index contributed by atoms with van der Waals surface area (Å²) in [6.07, 6.45) is 1.25. The monoisotopic (exact) mass is 390 g/mol. The molecule has 0 aliphatic carbocycles. The number of carboxylic acids is 2. The summed E-state index contributed by atoms with van der Waals surface area (Å²) in [4.78, 5) is 23.2. The Labute approximate surface area is 163 Å². The van der Waals surface area contributed by atoms with Crippen molar-refractivity contribution in [3.05, 3.63) is 64.7 Å². The number of carboxylic acid groups (broad SMARTS) is 2. The molecule has 0 aliphatic heterocycles. The number of halogens is 1. The summed E-state index contributed by atoms with van der Waals surface area (Å²) in [7, 11) is 1.57. The van der Waals surface area contributed by atoms with E-state index in [4.69, 9.17) is 16.3 Å². The second kappa shape index (κ2) is 9.97. The maximum atomic E-state index is 11.6. The standard InChI is InChI=1S/C21H23ClO5/c1-27-19-9-5-14(6-10-19)11-16(20(23)24)7-8-17(21(25)26)12-15-3-2-4-18(22)13-15/h2-6,9-10,13,16-17H,7-8,11-12H2,1H3,(H,23,24)(H,25,26). The van der Waals surface area contributed by atoms with Gasteiger partial charge in [0.2, 0.25) is 0 Å². The lowest BCUT2D eigenvalue weighted by atomic mass is 9.88. The van der Waals surface area contributed by atoms with E-state index in [-0.39, 0.29) is 6.42 Å². The second-order valence-corrected chi connectivity index (χ2v) is 6.97. The summed E-state index contributed by atoms with van der Waals surface area (Å²) in [5.41, 5.74) is 1.71. The van der Waals surface area contributed by atoms with Crippen molar-refractivity contribution in [1.82, 2.24) is 0 Å². The second-order valence-electron chi connectivity index (χ2n) is 6.53. The highest BCUT2D eigenvalue weighted by atomic mass is 35.5. The van der Waals surface area contributed by atoms with Crippen molar-refractivity contribution in [3.8, 4) is 5.75 Å². The molecule has 0 amide bonds. The predicted molar refractivity (Wildman–Crippen MR) is 103 cm³/mol. The summed E-state index contributed by atoms with van der Waals surface area (Å²) in [6.45, 7) is 0. The van der Waals surface area contributed by atoms with Crippen LogP contribution in [0.15, 0.2) is 48.5 Å². The molecule has 5 nitrogen and oxygen atoms in total. The molecule has 0 fully saturated rings. The molecule has 6 heteroatoms. The fourth-order valence-electron chi connectivity index (χ4n) is 3.02. The van der Waals surface area contributed by atoms with E-state index < -0.39 is 23.8 Å². The van der Waals surface area contributed by atoms with E-state index in [1.54, 1.807) is 37.4 Å². The normalized spacial score (nSPS) is 13.0. The topological polar surface area (TPSA) is 83.8 Å². The van der Waals surface area contributed by atoms with Gasteiger partial charge in [-0.2, -0.15) is 0 Å². The number of benzene rings is 2. The summed E-state index contributed by atoms with van der Waals surface area (Å²) in [5.74, 6) is -2.43. The smallest absolute Gasteiger partial charge is 0.306 e. The molecular weight excluding hydrogens is 368 g/mol. The van der Waals surface area contributed by atoms with Gasteiger partial charge in [-0.1, -0.05) is 35.9 Å². The molecule has 2 rings (SSSR count). The van der Waals surface area contributed by atoms with Crippen LogP contribution in [0.5, 0.6) is 5.75 Å². The highest BCUT2D eigenvalue weighted by Gasteiger charge is 2.24. The van der Waals surface area contributed by atoms with Crippen LogP contribution in [0, 0.1) is 11.8 Å². The van der Waals surface area contributed by atoms with Crippen molar-refractivity contribution in [2.24, 2.45) is 11.8 Å². The SMILES string of the molecule is COc1ccc(CC(CCC(Cc2cccc(Cl)c2)C(=O)O)C(=O)O)cc1. The molecule has 0 radical (unpaired) electrons. The third-order valence-corrected chi connectivity index (χ3v) is 4.81. The summed E-state index contributed by atoms with van der Waals surface area (Å²) in [5, 5.41) is 19.6. The van der Waals surface area contributed by atoms with E-state index in [1.807, 2.05) is 18.2 Å². The number of methoxy groups -OCH3 is 1. The van der Waals surface area contributed by atoms with Gasteiger partial charge in [0.25, 0.3) is 0 Å². The fraction of sp³-hybridized carbons (Fsp3) is 0.333. The van der Waals surface area contributed by atoms with E-state index in [0.717, 1.165) is 11.1 Å². The zero-order valence-electron chi connectivity index (χ0n) is 15.1. The number of hydrogen-bond donors (Lipinski definition) is 2. The third kappa shape index (κ3) is 6.61. The van der Waals surface area contributed by atoms with Crippen molar-refractivity contribution in [3.63, 3.8) is 0 Å². The number of aliphatic carboxylic acids is 2. The van der Waals surface area contributed by atoms with Gasteiger partial charge in [-0.25, -0.2) is 0 Å². The van der Waals surface area contributed by atoms with Gasteiger partial charge in [0.15, 0.2) is 0 Å². The number of ether oxygens (including phenoxy) is 1. The van der Waals surface area contributed by atoms with Gasteiger partial charge < -0.3 is 14.9 Å². The highest BCUT2D eigenvalue weighted by Crippen LogP contribution is 2.23. The van der Waals surface area contributed by atoms with Gasteiger partial charge in [-0.3, -0.25) is 9.59 Å². The zero-order chi connectivity index (χ0) is 19.8. The lowest BCUT2D eigenvalue weighted by Gasteiger charge is -2.17. The Kier molecular flexibility index (Phi) is 7.67.